The molecule has 5 rings (SSSR count). The van der Waals surface area contributed by atoms with E-state index in [-0.39, 0.29) is 11.9 Å². The third-order valence-electron chi connectivity index (χ3n) is 5.63. The van der Waals surface area contributed by atoms with Crippen molar-refractivity contribution in [1.82, 2.24) is 25.3 Å². The maximum Gasteiger partial charge on any atom is 0.255 e. The highest BCUT2D eigenvalue weighted by molar-refractivity contribution is 7.15. The molecule has 4 N–H and O–H groups in total. The average Bonchev–Trinajstić information content (AvgIpc) is 3.37. The van der Waals surface area contributed by atoms with Crippen molar-refractivity contribution < 1.29 is 4.79 Å². The number of nitrogens with two attached hydrogens (primary N) is 1. The van der Waals surface area contributed by atoms with Crippen LogP contribution in [0.5, 0.6) is 0 Å². The minimum atomic E-state index is -0.195. The van der Waals surface area contributed by atoms with Crippen molar-refractivity contribution in [2.24, 2.45) is 0 Å². The molecule has 35 heavy (non-hydrogen) atoms. The number of anilines is 2. The minimum Gasteiger partial charge on any atom is -0.383 e. The van der Waals surface area contributed by atoms with Gasteiger partial charge in [-0.1, -0.05) is 12.1 Å². The topological polar surface area (TPSA) is 119 Å². The van der Waals surface area contributed by atoms with Crippen molar-refractivity contribution >= 4 is 39.8 Å². The van der Waals surface area contributed by atoms with Gasteiger partial charge in [-0.3, -0.25) is 9.78 Å². The van der Waals surface area contributed by atoms with Crippen LogP contribution in [-0.4, -0.2) is 25.8 Å². The number of carbonyl (C=O) groups excluding carboxylic acids is 1. The van der Waals surface area contributed by atoms with Gasteiger partial charge in [0.2, 0.25) is 0 Å². The summed E-state index contributed by atoms with van der Waals surface area (Å²) >= 11 is 1.66. The van der Waals surface area contributed by atoms with Gasteiger partial charge in [0.05, 0.1) is 23.7 Å². The second-order valence-electron chi connectivity index (χ2n) is 7.99. The molecule has 8 nitrogen and oxygen atoms in total. The summed E-state index contributed by atoms with van der Waals surface area (Å²) < 4.78 is 0. The van der Waals surface area contributed by atoms with Crippen molar-refractivity contribution in [3.05, 3.63) is 95.5 Å². The van der Waals surface area contributed by atoms with Crippen molar-refractivity contribution in [2.45, 2.75) is 19.5 Å². The molecule has 0 fully saturated rings. The Labute approximate surface area is 206 Å². The summed E-state index contributed by atoms with van der Waals surface area (Å²) in [5.41, 5.74) is 9.32. The van der Waals surface area contributed by atoms with Gasteiger partial charge in [-0.15, -0.1) is 11.3 Å². The standard InChI is InChI=1S/C26H23N7OS/c1-16(18-4-2-10-28-13-18)33-26(34)20-5-3-11-29-25(20)30-14-19-7-9-23(35-19)17-6-8-22-21(12-17)24(27)32-15-31-22/h2-13,15-16H,14H2,1H3,(H,29,30)(H,33,34)(H2,27,31,32)/t16-/m0/s1. The van der Waals surface area contributed by atoms with E-state index in [4.69, 9.17) is 5.73 Å². The number of rotatable bonds is 7. The molecule has 1 amide bonds. The minimum absolute atomic E-state index is 0.175. The molecule has 1 atom stereocenters. The molecule has 0 unspecified atom stereocenters. The first-order chi connectivity index (χ1) is 17.1. The van der Waals surface area contributed by atoms with Crippen LogP contribution >= 0.6 is 11.3 Å². The smallest absolute Gasteiger partial charge is 0.255 e. The SMILES string of the molecule is C[C@H](NC(=O)c1cccnc1NCc1ccc(-c2ccc3ncnc(N)c3c2)s1)c1cccnc1. The van der Waals surface area contributed by atoms with E-state index in [1.807, 2.05) is 37.3 Å². The van der Waals surface area contributed by atoms with Gasteiger partial charge in [0, 0.05) is 33.7 Å². The van der Waals surface area contributed by atoms with Crippen LogP contribution in [0.3, 0.4) is 0 Å². The Morgan fingerprint density at radius 2 is 1.94 bits per heavy atom. The number of nitrogens with one attached hydrogen (secondary N) is 2. The lowest BCUT2D eigenvalue weighted by molar-refractivity contribution is 0.0940. The lowest BCUT2D eigenvalue weighted by atomic mass is 10.1. The number of fused-ring (bicyclic) bond motifs is 1. The Balaban J connectivity index is 1.29. The summed E-state index contributed by atoms with van der Waals surface area (Å²) in [5, 5.41) is 7.17. The Kier molecular flexibility index (Phi) is 6.32. The molecule has 9 heteroatoms. The first-order valence-corrected chi connectivity index (χ1v) is 11.9. The molecule has 5 aromatic rings. The third kappa shape index (κ3) is 4.95. The second kappa shape index (κ2) is 9.86. The summed E-state index contributed by atoms with van der Waals surface area (Å²) in [6.07, 6.45) is 6.60. The van der Waals surface area contributed by atoms with Crippen LogP contribution in [0.15, 0.2) is 79.5 Å². The van der Waals surface area contributed by atoms with Crippen LogP contribution in [-0.2, 0) is 6.54 Å². The van der Waals surface area contributed by atoms with E-state index in [9.17, 15) is 4.79 Å². The fourth-order valence-electron chi connectivity index (χ4n) is 3.75. The quantitative estimate of drug-likeness (QED) is 0.304. The van der Waals surface area contributed by atoms with E-state index in [1.54, 1.807) is 42.1 Å². The van der Waals surface area contributed by atoms with Crippen LogP contribution in [0.2, 0.25) is 0 Å². The number of hydrogen-bond donors (Lipinski definition) is 3. The summed E-state index contributed by atoms with van der Waals surface area (Å²) in [4.78, 5) is 32.0. The van der Waals surface area contributed by atoms with E-state index in [0.29, 0.717) is 23.7 Å². The first kappa shape index (κ1) is 22.4. The molecule has 4 heterocycles. The highest BCUT2D eigenvalue weighted by Gasteiger charge is 2.16. The summed E-state index contributed by atoms with van der Waals surface area (Å²) in [6.45, 7) is 2.47. The molecular formula is C26H23N7OS. The molecule has 0 saturated carbocycles. The summed E-state index contributed by atoms with van der Waals surface area (Å²) in [5.74, 6) is 0.808. The lowest BCUT2D eigenvalue weighted by Crippen LogP contribution is -2.27. The number of aromatic nitrogens is 4. The average molecular weight is 482 g/mol. The molecule has 4 aromatic heterocycles. The maximum atomic E-state index is 13.0. The number of pyridine rings is 2. The van der Waals surface area contributed by atoms with E-state index < -0.39 is 0 Å². The fraction of sp³-hybridized carbons (Fsp3) is 0.115. The van der Waals surface area contributed by atoms with E-state index >= 15 is 0 Å². The normalized spacial score (nSPS) is 11.8. The third-order valence-corrected chi connectivity index (χ3v) is 6.76. The van der Waals surface area contributed by atoms with E-state index in [0.717, 1.165) is 31.8 Å². The molecule has 174 valence electrons. The number of carbonyl (C=O) groups is 1. The van der Waals surface area contributed by atoms with Gasteiger partial charge < -0.3 is 16.4 Å². The predicted octanol–water partition coefficient (Wildman–Crippen LogP) is 4.83. The number of benzene rings is 1. The van der Waals surface area contributed by atoms with E-state index in [1.165, 1.54) is 6.33 Å². The predicted molar refractivity (Wildman–Crippen MR) is 139 cm³/mol. The van der Waals surface area contributed by atoms with Crippen molar-refractivity contribution in [1.29, 1.82) is 0 Å². The van der Waals surface area contributed by atoms with Crippen molar-refractivity contribution in [3.8, 4) is 10.4 Å². The van der Waals surface area contributed by atoms with Crippen molar-refractivity contribution in [2.75, 3.05) is 11.1 Å². The molecule has 0 bridgehead atoms. The molecule has 0 aliphatic carbocycles. The second-order valence-corrected chi connectivity index (χ2v) is 9.16. The molecule has 0 saturated heterocycles. The van der Waals surface area contributed by atoms with Gasteiger partial charge in [-0.25, -0.2) is 15.0 Å². The van der Waals surface area contributed by atoms with Gasteiger partial charge in [0.15, 0.2) is 0 Å². The molecule has 0 spiro atoms. The lowest BCUT2D eigenvalue weighted by Gasteiger charge is -2.15. The Hall–Kier alpha value is -4.37. The summed E-state index contributed by atoms with van der Waals surface area (Å²) in [7, 11) is 0. The number of nitrogen functional groups attached to an aromatic ring is 1. The van der Waals surface area contributed by atoms with Crippen LogP contribution in [0.25, 0.3) is 21.3 Å². The summed E-state index contributed by atoms with van der Waals surface area (Å²) in [6, 6.07) is 17.3. The van der Waals surface area contributed by atoms with Crippen LogP contribution < -0.4 is 16.4 Å². The molecular weight excluding hydrogens is 458 g/mol. The van der Waals surface area contributed by atoms with Gasteiger partial charge in [0.25, 0.3) is 5.91 Å². The van der Waals surface area contributed by atoms with Crippen molar-refractivity contribution in [3.63, 3.8) is 0 Å². The first-order valence-electron chi connectivity index (χ1n) is 11.1. The zero-order valence-corrected chi connectivity index (χ0v) is 19.8. The monoisotopic (exact) mass is 481 g/mol. The Morgan fingerprint density at radius 3 is 2.80 bits per heavy atom. The number of nitrogens with zero attached hydrogens (tertiary/aromatic N) is 4. The molecule has 0 aliphatic heterocycles. The van der Waals surface area contributed by atoms with Crippen LogP contribution in [0, 0.1) is 0 Å². The maximum absolute atomic E-state index is 13.0. The number of thiophene rings is 1. The highest BCUT2D eigenvalue weighted by Crippen LogP contribution is 2.31. The zero-order chi connectivity index (χ0) is 24.2. The van der Waals surface area contributed by atoms with Gasteiger partial charge in [-0.05, 0) is 60.5 Å². The van der Waals surface area contributed by atoms with Crippen LogP contribution in [0.4, 0.5) is 11.6 Å². The van der Waals surface area contributed by atoms with E-state index in [2.05, 4.69) is 42.7 Å². The number of amides is 1. The van der Waals surface area contributed by atoms with Gasteiger partial charge in [0.1, 0.15) is 18.0 Å². The van der Waals surface area contributed by atoms with Gasteiger partial charge >= 0.3 is 0 Å². The molecule has 0 radical (unpaired) electrons. The fourth-order valence-corrected chi connectivity index (χ4v) is 4.69. The Bertz CT molecular complexity index is 1490. The molecule has 0 aliphatic rings. The largest absolute Gasteiger partial charge is 0.383 e. The highest BCUT2D eigenvalue weighted by atomic mass is 32.1. The zero-order valence-electron chi connectivity index (χ0n) is 19.0. The van der Waals surface area contributed by atoms with Gasteiger partial charge in [-0.2, -0.15) is 0 Å². The molecule has 1 aromatic carbocycles. The number of hydrogen-bond acceptors (Lipinski definition) is 8. The Morgan fingerprint density at radius 1 is 1.06 bits per heavy atom. The van der Waals surface area contributed by atoms with Crippen LogP contribution in [0.1, 0.15) is 33.8 Å².